The molecule has 0 bridgehead atoms. The summed E-state index contributed by atoms with van der Waals surface area (Å²) in [6, 6.07) is 9.22. The second kappa shape index (κ2) is 6.65. The molecule has 0 aliphatic heterocycles. The van der Waals surface area contributed by atoms with Gasteiger partial charge in [-0.2, -0.15) is 12.7 Å². The van der Waals surface area contributed by atoms with Gasteiger partial charge in [0, 0.05) is 14.1 Å². The number of rotatable bonds is 7. The van der Waals surface area contributed by atoms with E-state index < -0.39 is 22.4 Å². The Labute approximate surface area is 112 Å². The minimum atomic E-state index is -3.99. The fourth-order valence-corrected chi connectivity index (χ4v) is 2.03. The molecule has 0 fully saturated rings. The average Bonchev–Trinajstić information content (AvgIpc) is 2.35. The maximum atomic E-state index is 11.5. The molecule has 0 radical (unpaired) electrons. The van der Waals surface area contributed by atoms with Crippen molar-refractivity contribution < 1.29 is 22.5 Å². The number of carboxylic acids is 1. The topological polar surface area (TPSA) is 83.9 Å². The summed E-state index contributed by atoms with van der Waals surface area (Å²) < 4.78 is 28.5. The fraction of sp³-hybridized carbons (Fsp3) is 0.417. The highest BCUT2D eigenvalue weighted by molar-refractivity contribution is 7.84. The summed E-state index contributed by atoms with van der Waals surface area (Å²) >= 11 is 0. The lowest BCUT2D eigenvalue weighted by Gasteiger charge is -2.16. The summed E-state index contributed by atoms with van der Waals surface area (Å²) in [5.41, 5.74) is 0.930. The molecule has 0 amide bonds. The SMILES string of the molecule is CN(C)S(=O)(=O)OC(CCc1ccccc1)C(=O)O. The lowest BCUT2D eigenvalue weighted by Crippen LogP contribution is -2.33. The first-order valence-electron chi connectivity index (χ1n) is 5.70. The van der Waals surface area contributed by atoms with E-state index >= 15 is 0 Å². The lowest BCUT2D eigenvalue weighted by atomic mass is 10.1. The molecule has 0 aliphatic rings. The van der Waals surface area contributed by atoms with Crippen molar-refractivity contribution in [1.29, 1.82) is 0 Å². The Balaban J connectivity index is 2.67. The molecule has 6 nitrogen and oxygen atoms in total. The van der Waals surface area contributed by atoms with E-state index in [4.69, 9.17) is 5.11 Å². The van der Waals surface area contributed by atoms with Gasteiger partial charge in [0.2, 0.25) is 0 Å². The van der Waals surface area contributed by atoms with Crippen molar-refractivity contribution in [3.05, 3.63) is 35.9 Å². The normalized spacial score (nSPS) is 13.4. The zero-order chi connectivity index (χ0) is 14.5. The minimum Gasteiger partial charge on any atom is -0.479 e. The van der Waals surface area contributed by atoms with Gasteiger partial charge in [0.25, 0.3) is 0 Å². The first-order valence-corrected chi connectivity index (χ1v) is 7.07. The van der Waals surface area contributed by atoms with E-state index in [2.05, 4.69) is 4.18 Å². The molecule has 106 valence electrons. The van der Waals surface area contributed by atoms with Crippen LogP contribution in [0.3, 0.4) is 0 Å². The van der Waals surface area contributed by atoms with E-state index in [1.807, 2.05) is 30.3 Å². The molecule has 0 aliphatic carbocycles. The Morgan fingerprint density at radius 3 is 2.37 bits per heavy atom. The second-order valence-electron chi connectivity index (χ2n) is 4.19. The summed E-state index contributed by atoms with van der Waals surface area (Å²) in [5, 5.41) is 8.99. The number of carboxylic acid groups (broad SMARTS) is 1. The molecule has 1 atom stereocenters. The number of carbonyl (C=O) groups is 1. The molecule has 0 saturated carbocycles. The van der Waals surface area contributed by atoms with Gasteiger partial charge in [0.05, 0.1) is 0 Å². The van der Waals surface area contributed by atoms with Crippen LogP contribution in [0.25, 0.3) is 0 Å². The molecular weight excluding hydrogens is 270 g/mol. The van der Waals surface area contributed by atoms with Gasteiger partial charge in [0.1, 0.15) is 0 Å². The molecular formula is C12H17NO5S. The minimum absolute atomic E-state index is 0.0897. The summed E-state index contributed by atoms with van der Waals surface area (Å²) in [7, 11) is -1.43. The number of benzene rings is 1. The van der Waals surface area contributed by atoms with Crippen LogP contribution in [-0.2, 0) is 25.7 Å². The number of hydrogen-bond acceptors (Lipinski definition) is 4. The maximum Gasteiger partial charge on any atom is 0.338 e. The first kappa shape index (κ1) is 15.6. The Morgan fingerprint density at radius 2 is 1.89 bits per heavy atom. The van der Waals surface area contributed by atoms with Crippen LogP contribution in [0, 0.1) is 0 Å². The molecule has 0 heterocycles. The smallest absolute Gasteiger partial charge is 0.338 e. The van der Waals surface area contributed by atoms with Crippen molar-refractivity contribution >= 4 is 16.3 Å². The quantitative estimate of drug-likeness (QED) is 0.805. The van der Waals surface area contributed by atoms with Crippen LogP contribution >= 0.6 is 0 Å². The molecule has 1 aromatic rings. The van der Waals surface area contributed by atoms with Crippen LogP contribution in [0.1, 0.15) is 12.0 Å². The highest BCUT2D eigenvalue weighted by Crippen LogP contribution is 2.11. The molecule has 1 rings (SSSR count). The summed E-state index contributed by atoms with van der Waals surface area (Å²) in [5.74, 6) is -1.29. The van der Waals surface area contributed by atoms with Gasteiger partial charge in [-0.15, -0.1) is 0 Å². The van der Waals surface area contributed by atoms with Crippen molar-refractivity contribution in [2.24, 2.45) is 0 Å². The molecule has 0 saturated heterocycles. The van der Waals surface area contributed by atoms with E-state index in [1.165, 1.54) is 14.1 Å². The standard InChI is InChI=1S/C12H17NO5S/c1-13(2)19(16,17)18-11(12(14)15)9-8-10-6-4-3-5-7-10/h3-7,11H,8-9H2,1-2H3,(H,14,15). The van der Waals surface area contributed by atoms with Crippen LogP contribution < -0.4 is 0 Å². The highest BCUT2D eigenvalue weighted by atomic mass is 32.2. The summed E-state index contributed by atoms with van der Waals surface area (Å²) in [6.45, 7) is 0. The largest absolute Gasteiger partial charge is 0.479 e. The number of hydrogen-bond donors (Lipinski definition) is 1. The zero-order valence-corrected chi connectivity index (χ0v) is 11.6. The Hall–Kier alpha value is -1.44. The molecule has 7 heteroatoms. The van der Waals surface area contributed by atoms with Crippen molar-refractivity contribution in [3.63, 3.8) is 0 Å². The van der Waals surface area contributed by atoms with Gasteiger partial charge < -0.3 is 5.11 Å². The van der Waals surface area contributed by atoms with Gasteiger partial charge in [-0.3, -0.25) is 0 Å². The van der Waals surface area contributed by atoms with Crippen LogP contribution in [0.2, 0.25) is 0 Å². The molecule has 1 aromatic carbocycles. The number of nitrogens with zero attached hydrogens (tertiary/aromatic N) is 1. The molecule has 19 heavy (non-hydrogen) atoms. The molecule has 1 unspecified atom stereocenters. The predicted molar refractivity (Wildman–Crippen MR) is 69.9 cm³/mol. The third kappa shape index (κ3) is 4.98. The maximum absolute atomic E-state index is 11.5. The summed E-state index contributed by atoms with van der Waals surface area (Å²) in [6.07, 6.45) is -0.861. The van der Waals surface area contributed by atoms with Crippen LogP contribution in [0.4, 0.5) is 0 Å². The van der Waals surface area contributed by atoms with Crippen LogP contribution in [0.5, 0.6) is 0 Å². The van der Waals surface area contributed by atoms with Gasteiger partial charge in [-0.05, 0) is 18.4 Å². The Morgan fingerprint density at radius 1 is 1.32 bits per heavy atom. The second-order valence-corrected chi connectivity index (χ2v) is 5.97. The molecule has 0 aromatic heterocycles. The number of aryl methyl sites for hydroxylation is 1. The molecule has 0 spiro atoms. The van der Waals surface area contributed by atoms with Crippen molar-refractivity contribution in [2.75, 3.05) is 14.1 Å². The van der Waals surface area contributed by atoms with Crippen LogP contribution in [-0.4, -0.2) is 44.0 Å². The highest BCUT2D eigenvalue weighted by Gasteiger charge is 2.27. The monoisotopic (exact) mass is 287 g/mol. The van der Waals surface area contributed by atoms with Crippen molar-refractivity contribution in [3.8, 4) is 0 Å². The Bertz CT molecular complexity index is 512. The van der Waals surface area contributed by atoms with E-state index in [-0.39, 0.29) is 6.42 Å². The first-order chi connectivity index (χ1) is 8.83. The van der Waals surface area contributed by atoms with E-state index in [0.717, 1.165) is 9.87 Å². The van der Waals surface area contributed by atoms with E-state index in [9.17, 15) is 13.2 Å². The van der Waals surface area contributed by atoms with E-state index in [0.29, 0.717) is 6.42 Å². The van der Waals surface area contributed by atoms with Gasteiger partial charge >= 0.3 is 16.3 Å². The van der Waals surface area contributed by atoms with Crippen molar-refractivity contribution in [1.82, 2.24) is 4.31 Å². The lowest BCUT2D eigenvalue weighted by molar-refractivity contribution is -0.145. The Kier molecular flexibility index (Phi) is 5.46. The zero-order valence-electron chi connectivity index (χ0n) is 10.8. The fourth-order valence-electron chi connectivity index (χ4n) is 1.39. The summed E-state index contributed by atoms with van der Waals surface area (Å²) in [4.78, 5) is 11.0. The van der Waals surface area contributed by atoms with Gasteiger partial charge in [-0.1, -0.05) is 30.3 Å². The molecule has 1 N–H and O–H groups in total. The predicted octanol–water partition coefficient (Wildman–Crippen LogP) is 0.895. The number of aliphatic carboxylic acids is 1. The van der Waals surface area contributed by atoms with Crippen molar-refractivity contribution in [2.45, 2.75) is 18.9 Å². The van der Waals surface area contributed by atoms with E-state index in [1.54, 1.807) is 0 Å². The average molecular weight is 287 g/mol. The van der Waals surface area contributed by atoms with Gasteiger partial charge in [0.15, 0.2) is 6.10 Å². The van der Waals surface area contributed by atoms with Gasteiger partial charge in [-0.25, -0.2) is 8.98 Å². The third-order valence-corrected chi connectivity index (χ3v) is 3.87. The third-order valence-electron chi connectivity index (χ3n) is 2.50. The van der Waals surface area contributed by atoms with Crippen LogP contribution in [0.15, 0.2) is 30.3 Å².